The number of carboxylic acids is 1. The number of aromatic nitrogens is 1. The third-order valence-electron chi connectivity index (χ3n) is 2.96. The lowest BCUT2D eigenvalue weighted by Gasteiger charge is -2.06. The molecule has 0 amide bonds. The Morgan fingerprint density at radius 1 is 1.39 bits per heavy atom. The summed E-state index contributed by atoms with van der Waals surface area (Å²) in [5, 5.41) is 10.1. The third-order valence-corrected chi connectivity index (χ3v) is 4.28. The van der Waals surface area contributed by atoms with Crippen LogP contribution >= 0.6 is 11.3 Å². The molecule has 4 heteroatoms. The summed E-state index contributed by atoms with van der Waals surface area (Å²) >= 11 is 1.70. The molecule has 1 heterocycles. The normalized spacial score (nSPS) is 13.1. The van der Waals surface area contributed by atoms with Crippen molar-refractivity contribution in [2.45, 2.75) is 33.1 Å². The van der Waals surface area contributed by atoms with Crippen LogP contribution in [0.25, 0.3) is 10.2 Å². The minimum Gasteiger partial charge on any atom is -0.481 e. The van der Waals surface area contributed by atoms with Crippen LogP contribution in [-0.4, -0.2) is 16.1 Å². The zero-order chi connectivity index (χ0) is 13.3. The number of aliphatic carboxylic acids is 1. The van der Waals surface area contributed by atoms with E-state index >= 15 is 0 Å². The molecule has 0 fully saturated rings. The van der Waals surface area contributed by atoms with Crippen LogP contribution in [0.15, 0.2) is 18.2 Å². The standard InChI is InChI=1S/C14H17NO2S/c1-8(2)13-15-12-10(7-9(3)14(16)17)5-4-6-11(12)18-13/h4-6,8-9H,7H2,1-3H3,(H,16,17). The molecule has 0 radical (unpaired) electrons. The summed E-state index contributed by atoms with van der Waals surface area (Å²) in [5.74, 6) is -0.724. The first-order valence-electron chi connectivity index (χ1n) is 6.10. The molecule has 1 aromatic carbocycles. The van der Waals surface area contributed by atoms with Gasteiger partial charge in [0, 0.05) is 5.92 Å². The van der Waals surface area contributed by atoms with Gasteiger partial charge in [0.25, 0.3) is 0 Å². The molecule has 1 unspecified atom stereocenters. The molecule has 0 saturated carbocycles. The SMILES string of the molecule is CC(Cc1cccc2sc(C(C)C)nc12)C(=O)O. The average Bonchev–Trinajstić information content (AvgIpc) is 2.73. The second kappa shape index (κ2) is 5.06. The fraction of sp³-hybridized carbons (Fsp3) is 0.429. The molecular formula is C14H17NO2S. The molecule has 2 aromatic rings. The summed E-state index contributed by atoms with van der Waals surface area (Å²) < 4.78 is 1.15. The van der Waals surface area contributed by atoms with Crippen LogP contribution in [0.1, 0.15) is 37.3 Å². The quantitative estimate of drug-likeness (QED) is 0.915. The smallest absolute Gasteiger partial charge is 0.306 e. The van der Waals surface area contributed by atoms with E-state index in [9.17, 15) is 4.79 Å². The predicted molar refractivity (Wildman–Crippen MR) is 74.2 cm³/mol. The van der Waals surface area contributed by atoms with Gasteiger partial charge in [0.1, 0.15) is 0 Å². The van der Waals surface area contributed by atoms with Gasteiger partial charge in [0.05, 0.1) is 21.1 Å². The maximum atomic E-state index is 10.9. The van der Waals surface area contributed by atoms with Crippen molar-refractivity contribution in [3.05, 3.63) is 28.8 Å². The van der Waals surface area contributed by atoms with Gasteiger partial charge in [-0.2, -0.15) is 0 Å². The Hall–Kier alpha value is -1.42. The molecule has 3 nitrogen and oxygen atoms in total. The summed E-state index contributed by atoms with van der Waals surface area (Å²) in [6.07, 6.45) is 0.536. The second-order valence-corrected chi connectivity index (χ2v) is 5.98. The number of carbonyl (C=O) groups is 1. The summed E-state index contributed by atoms with van der Waals surface area (Å²) in [4.78, 5) is 15.6. The van der Waals surface area contributed by atoms with Gasteiger partial charge in [0.2, 0.25) is 0 Å². The van der Waals surface area contributed by atoms with Crippen LogP contribution in [0.5, 0.6) is 0 Å². The Balaban J connectivity index is 2.41. The van der Waals surface area contributed by atoms with Gasteiger partial charge in [0.15, 0.2) is 0 Å². The van der Waals surface area contributed by atoms with Gasteiger partial charge < -0.3 is 5.11 Å². The first kappa shape index (κ1) is 13.0. The summed E-state index contributed by atoms with van der Waals surface area (Å²) in [6.45, 7) is 5.98. The summed E-state index contributed by atoms with van der Waals surface area (Å²) in [5.41, 5.74) is 2.00. The van der Waals surface area contributed by atoms with Gasteiger partial charge in [-0.15, -0.1) is 11.3 Å². The van der Waals surface area contributed by atoms with E-state index in [2.05, 4.69) is 18.8 Å². The van der Waals surface area contributed by atoms with Crippen LogP contribution in [0.3, 0.4) is 0 Å². The number of fused-ring (bicyclic) bond motifs is 1. The van der Waals surface area contributed by atoms with Crippen LogP contribution in [0.2, 0.25) is 0 Å². The largest absolute Gasteiger partial charge is 0.481 e. The van der Waals surface area contributed by atoms with Crippen molar-refractivity contribution >= 4 is 27.5 Å². The summed E-state index contributed by atoms with van der Waals surface area (Å²) in [6, 6.07) is 6.01. The zero-order valence-electron chi connectivity index (χ0n) is 10.8. The van der Waals surface area contributed by atoms with Crippen LogP contribution in [0.4, 0.5) is 0 Å². The van der Waals surface area contributed by atoms with Gasteiger partial charge in [-0.25, -0.2) is 4.98 Å². The maximum Gasteiger partial charge on any atom is 0.306 e. The molecule has 0 aliphatic heterocycles. The van der Waals surface area contributed by atoms with Crippen molar-refractivity contribution in [2.75, 3.05) is 0 Å². The molecule has 18 heavy (non-hydrogen) atoms. The molecule has 1 atom stereocenters. The number of thiazole rings is 1. The van der Waals surface area contributed by atoms with E-state index in [1.807, 2.05) is 18.2 Å². The molecule has 0 bridgehead atoms. The van der Waals surface area contributed by atoms with Crippen LogP contribution in [-0.2, 0) is 11.2 Å². The number of nitrogens with zero attached hydrogens (tertiary/aromatic N) is 1. The first-order valence-corrected chi connectivity index (χ1v) is 6.91. The van der Waals surface area contributed by atoms with Crippen molar-refractivity contribution in [3.8, 4) is 0 Å². The molecule has 0 aliphatic rings. The molecule has 0 saturated heterocycles. The highest BCUT2D eigenvalue weighted by molar-refractivity contribution is 7.18. The number of para-hydroxylation sites is 1. The highest BCUT2D eigenvalue weighted by Gasteiger charge is 2.16. The van der Waals surface area contributed by atoms with Crippen molar-refractivity contribution in [2.24, 2.45) is 5.92 Å². The molecular weight excluding hydrogens is 246 g/mol. The van der Waals surface area contributed by atoms with Gasteiger partial charge in [-0.05, 0) is 18.1 Å². The second-order valence-electron chi connectivity index (χ2n) is 4.91. The highest BCUT2D eigenvalue weighted by atomic mass is 32.1. The molecule has 96 valence electrons. The zero-order valence-corrected chi connectivity index (χ0v) is 11.6. The third kappa shape index (κ3) is 2.53. The van der Waals surface area contributed by atoms with Gasteiger partial charge in [-0.3, -0.25) is 4.79 Å². The first-order chi connectivity index (χ1) is 8.49. The van der Waals surface area contributed by atoms with Crippen molar-refractivity contribution in [1.29, 1.82) is 0 Å². The monoisotopic (exact) mass is 263 g/mol. The molecule has 0 aliphatic carbocycles. The Bertz CT molecular complexity index is 574. The number of carboxylic acid groups (broad SMARTS) is 1. The number of benzene rings is 1. The van der Waals surface area contributed by atoms with E-state index in [0.29, 0.717) is 12.3 Å². The minimum atomic E-state index is -0.758. The lowest BCUT2D eigenvalue weighted by molar-refractivity contribution is -0.141. The highest BCUT2D eigenvalue weighted by Crippen LogP contribution is 2.30. The van der Waals surface area contributed by atoms with Crippen LogP contribution in [0, 0.1) is 5.92 Å². The molecule has 2 rings (SSSR count). The van der Waals surface area contributed by atoms with E-state index in [4.69, 9.17) is 5.11 Å². The van der Waals surface area contributed by atoms with E-state index in [-0.39, 0.29) is 5.92 Å². The fourth-order valence-electron chi connectivity index (χ4n) is 1.85. The molecule has 0 spiro atoms. The van der Waals surface area contributed by atoms with E-state index < -0.39 is 5.97 Å². The van der Waals surface area contributed by atoms with E-state index in [1.54, 1.807) is 18.3 Å². The van der Waals surface area contributed by atoms with Gasteiger partial charge >= 0.3 is 5.97 Å². The molecule has 1 N–H and O–H groups in total. The average molecular weight is 263 g/mol. The van der Waals surface area contributed by atoms with E-state index in [0.717, 1.165) is 20.8 Å². The predicted octanol–water partition coefficient (Wildman–Crippen LogP) is 3.68. The Morgan fingerprint density at radius 3 is 2.72 bits per heavy atom. The van der Waals surface area contributed by atoms with Crippen molar-refractivity contribution < 1.29 is 9.90 Å². The number of hydrogen-bond donors (Lipinski definition) is 1. The molecule has 1 aromatic heterocycles. The van der Waals surface area contributed by atoms with Crippen LogP contribution < -0.4 is 0 Å². The Labute approximate surface area is 110 Å². The lowest BCUT2D eigenvalue weighted by atomic mass is 10.0. The number of rotatable bonds is 4. The Morgan fingerprint density at radius 2 is 2.11 bits per heavy atom. The maximum absolute atomic E-state index is 10.9. The van der Waals surface area contributed by atoms with Crippen molar-refractivity contribution in [3.63, 3.8) is 0 Å². The minimum absolute atomic E-state index is 0.375. The summed E-state index contributed by atoms with van der Waals surface area (Å²) in [7, 11) is 0. The Kier molecular flexibility index (Phi) is 3.66. The number of hydrogen-bond acceptors (Lipinski definition) is 3. The lowest BCUT2D eigenvalue weighted by Crippen LogP contribution is -2.12. The topological polar surface area (TPSA) is 50.2 Å². The van der Waals surface area contributed by atoms with Gasteiger partial charge in [-0.1, -0.05) is 32.9 Å². The van der Waals surface area contributed by atoms with Crippen molar-refractivity contribution in [1.82, 2.24) is 4.98 Å². The van der Waals surface area contributed by atoms with E-state index in [1.165, 1.54) is 0 Å². The fourth-order valence-corrected chi connectivity index (χ4v) is 2.87.